The third-order valence-electron chi connectivity index (χ3n) is 5.42. The van der Waals surface area contributed by atoms with E-state index in [1.54, 1.807) is 12.4 Å². The molecule has 0 aromatic carbocycles. The second-order valence-electron chi connectivity index (χ2n) is 7.65. The Morgan fingerprint density at radius 2 is 2.25 bits per heavy atom. The minimum atomic E-state index is -0.616. The monoisotopic (exact) mass is 440 g/mol. The van der Waals surface area contributed by atoms with Crippen molar-refractivity contribution in [3.63, 3.8) is 0 Å². The lowest BCUT2D eigenvalue weighted by Crippen LogP contribution is -2.44. The number of H-pyrrole nitrogens is 1. The number of rotatable bonds is 8. The average Bonchev–Trinajstić information content (AvgIpc) is 3.35. The molecular weight excluding hydrogens is 412 g/mol. The van der Waals surface area contributed by atoms with Gasteiger partial charge in [0.2, 0.25) is 0 Å². The number of fused-ring (bicyclic) bond motifs is 1. The molecule has 0 bridgehead atoms. The molecule has 10 heteroatoms. The summed E-state index contributed by atoms with van der Waals surface area (Å²) < 4.78 is 16.8. The van der Waals surface area contributed by atoms with Crippen LogP contribution in [0.1, 0.15) is 20.3 Å². The van der Waals surface area contributed by atoms with E-state index in [1.165, 1.54) is 0 Å². The molecule has 4 rings (SSSR count). The van der Waals surface area contributed by atoms with Gasteiger partial charge in [-0.2, -0.15) is 5.10 Å². The quantitative estimate of drug-likeness (QED) is 0.398. The van der Waals surface area contributed by atoms with Gasteiger partial charge in [0, 0.05) is 30.4 Å². The van der Waals surface area contributed by atoms with Crippen molar-refractivity contribution in [2.45, 2.75) is 32.4 Å². The number of pyridine rings is 2. The molecule has 1 aliphatic heterocycles. The van der Waals surface area contributed by atoms with Crippen LogP contribution in [0.25, 0.3) is 22.3 Å². The molecule has 0 aliphatic carbocycles. The highest BCUT2D eigenvalue weighted by Crippen LogP contribution is 2.34. The standard InChI is InChI=1S/C22H28N6O4/c1-3-16(23)22(29)32-11-10-31-18-12-19(28-8-9-30-13-14(28)2)26-20-15(18)4-6-24-21(20)17-5-7-25-27-17/h4-7,12,14,16H,3,8-11,13,23H2,1-2H3,(H,25,27)/t14-,16?/m1/s1. The largest absolute Gasteiger partial charge is 0.489 e. The Labute approximate surface area is 186 Å². The first-order valence-corrected chi connectivity index (χ1v) is 10.8. The highest BCUT2D eigenvalue weighted by atomic mass is 16.6. The van der Waals surface area contributed by atoms with E-state index in [4.69, 9.17) is 24.9 Å². The molecule has 1 fully saturated rings. The summed E-state index contributed by atoms with van der Waals surface area (Å²) in [4.78, 5) is 23.5. The minimum absolute atomic E-state index is 0.109. The maximum Gasteiger partial charge on any atom is 0.323 e. The van der Waals surface area contributed by atoms with Crippen molar-refractivity contribution >= 4 is 22.7 Å². The van der Waals surface area contributed by atoms with Crippen LogP contribution in [0.4, 0.5) is 5.82 Å². The van der Waals surface area contributed by atoms with E-state index in [1.807, 2.05) is 25.1 Å². The fourth-order valence-corrected chi connectivity index (χ4v) is 3.59. The van der Waals surface area contributed by atoms with Crippen LogP contribution in [0.15, 0.2) is 30.6 Å². The number of carbonyl (C=O) groups excluding carboxylic acids is 1. The number of anilines is 1. The molecule has 3 N–H and O–H groups in total. The topological polar surface area (TPSA) is 128 Å². The SMILES string of the molecule is CCC(N)C(=O)OCCOc1cc(N2CCOC[C@H]2C)nc2c(-c3ccn[nH]3)nccc12. The minimum Gasteiger partial charge on any atom is -0.489 e. The van der Waals surface area contributed by atoms with Crippen LogP contribution in [0.3, 0.4) is 0 Å². The third-order valence-corrected chi connectivity index (χ3v) is 5.42. The molecule has 1 aliphatic rings. The van der Waals surface area contributed by atoms with Crippen LogP contribution in [0.2, 0.25) is 0 Å². The Balaban J connectivity index is 1.65. The van der Waals surface area contributed by atoms with E-state index >= 15 is 0 Å². The van der Waals surface area contributed by atoms with Crippen molar-refractivity contribution in [1.29, 1.82) is 0 Å². The zero-order valence-corrected chi connectivity index (χ0v) is 18.3. The first-order chi connectivity index (χ1) is 15.6. The van der Waals surface area contributed by atoms with Crippen molar-refractivity contribution in [3.8, 4) is 17.1 Å². The molecule has 0 spiro atoms. The van der Waals surface area contributed by atoms with Gasteiger partial charge < -0.3 is 24.8 Å². The summed E-state index contributed by atoms with van der Waals surface area (Å²) in [5, 5.41) is 7.81. The number of hydrogen-bond acceptors (Lipinski definition) is 9. The van der Waals surface area contributed by atoms with Crippen LogP contribution >= 0.6 is 0 Å². The number of ether oxygens (including phenoxy) is 3. The molecule has 4 heterocycles. The molecule has 1 unspecified atom stereocenters. The van der Waals surface area contributed by atoms with E-state index in [9.17, 15) is 4.79 Å². The lowest BCUT2D eigenvalue weighted by Gasteiger charge is -2.34. The summed E-state index contributed by atoms with van der Waals surface area (Å²) in [7, 11) is 0. The summed E-state index contributed by atoms with van der Waals surface area (Å²) in [5.74, 6) is 0.994. The fourth-order valence-electron chi connectivity index (χ4n) is 3.59. The van der Waals surface area contributed by atoms with Gasteiger partial charge in [0.25, 0.3) is 0 Å². The number of aromatic amines is 1. The second kappa shape index (κ2) is 9.92. The first kappa shape index (κ1) is 22.0. The molecule has 170 valence electrons. The Bertz CT molecular complexity index is 1060. The average molecular weight is 441 g/mol. The number of nitrogens with one attached hydrogen (secondary N) is 1. The highest BCUT2D eigenvalue weighted by molar-refractivity contribution is 5.95. The van der Waals surface area contributed by atoms with E-state index in [0.29, 0.717) is 36.6 Å². The van der Waals surface area contributed by atoms with Crippen molar-refractivity contribution in [3.05, 3.63) is 30.6 Å². The molecule has 1 saturated heterocycles. The molecule has 0 saturated carbocycles. The summed E-state index contributed by atoms with van der Waals surface area (Å²) in [6.07, 6.45) is 3.92. The molecule has 0 radical (unpaired) electrons. The van der Waals surface area contributed by atoms with Gasteiger partial charge in [-0.15, -0.1) is 0 Å². The van der Waals surface area contributed by atoms with E-state index in [0.717, 1.165) is 23.4 Å². The van der Waals surface area contributed by atoms with Gasteiger partial charge >= 0.3 is 5.97 Å². The number of nitrogens with zero attached hydrogens (tertiary/aromatic N) is 4. The predicted molar refractivity (Wildman–Crippen MR) is 119 cm³/mol. The number of morpholine rings is 1. The van der Waals surface area contributed by atoms with Gasteiger partial charge in [-0.05, 0) is 25.5 Å². The highest BCUT2D eigenvalue weighted by Gasteiger charge is 2.23. The summed E-state index contributed by atoms with van der Waals surface area (Å²) in [6, 6.07) is 5.19. The summed E-state index contributed by atoms with van der Waals surface area (Å²) in [5.41, 5.74) is 7.87. The Kier molecular flexibility index (Phi) is 6.81. The normalized spacial score (nSPS) is 17.3. The molecule has 2 atom stereocenters. The number of aromatic nitrogens is 4. The summed E-state index contributed by atoms with van der Waals surface area (Å²) in [6.45, 7) is 6.23. The molecule has 10 nitrogen and oxygen atoms in total. The van der Waals surface area contributed by atoms with Gasteiger partial charge in [-0.1, -0.05) is 6.92 Å². The van der Waals surface area contributed by atoms with Crippen LogP contribution < -0.4 is 15.4 Å². The second-order valence-corrected chi connectivity index (χ2v) is 7.65. The number of hydrogen-bond donors (Lipinski definition) is 2. The Hall–Kier alpha value is -3.24. The van der Waals surface area contributed by atoms with Gasteiger partial charge in [0.15, 0.2) is 0 Å². The zero-order chi connectivity index (χ0) is 22.5. The molecule has 0 amide bonds. The van der Waals surface area contributed by atoms with Gasteiger partial charge in [0.05, 0.1) is 24.9 Å². The third kappa shape index (κ3) is 4.66. The number of nitrogens with two attached hydrogens (primary N) is 1. The van der Waals surface area contributed by atoms with Crippen molar-refractivity contribution in [2.75, 3.05) is 37.9 Å². The van der Waals surface area contributed by atoms with E-state index < -0.39 is 12.0 Å². The van der Waals surface area contributed by atoms with Gasteiger partial charge in [0.1, 0.15) is 42.0 Å². The van der Waals surface area contributed by atoms with Crippen molar-refractivity contribution in [1.82, 2.24) is 20.2 Å². The maximum absolute atomic E-state index is 11.8. The van der Waals surface area contributed by atoms with Crippen molar-refractivity contribution in [2.24, 2.45) is 5.73 Å². The Morgan fingerprint density at radius 1 is 1.38 bits per heavy atom. The van der Waals surface area contributed by atoms with Crippen LogP contribution in [-0.2, 0) is 14.3 Å². The van der Waals surface area contributed by atoms with E-state index in [-0.39, 0.29) is 19.3 Å². The Morgan fingerprint density at radius 3 is 3.00 bits per heavy atom. The number of carbonyl (C=O) groups is 1. The molecular formula is C22H28N6O4. The molecule has 32 heavy (non-hydrogen) atoms. The first-order valence-electron chi connectivity index (χ1n) is 10.8. The fraction of sp³-hybridized carbons (Fsp3) is 0.455. The summed E-state index contributed by atoms with van der Waals surface area (Å²) >= 11 is 0. The van der Waals surface area contributed by atoms with Crippen LogP contribution in [0.5, 0.6) is 5.75 Å². The predicted octanol–water partition coefficient (Wildman–Crippen LogP) is 1.90. The van der Waals surface area contributed by atoms with Crippen LogP contribution in [0, 0.1) is 0 Å². The lowest BCUT2D eigenvalue weighted by atomic mass is 10.1. The zero-order valence-electron chi connectivity index (χ0n) is 18.3. The smallest absolute Gasteiger partial charge is 0.323 e. The van der Waals surface area contributed by atoms with Crippen molar-refractivity contribution < 1.29 is 19.0 Å². The number of esters is 1. The van der Waals surface area contributed by atoms with Gasteiger partial charge in [-0.3, -0.25) is 14.9 Å². The lowest BCUT2D eigenvalue weighted by molar-refractivity contribution is -0.146. The van der Waals surface area contributed by atoms with Gasteiger partial charge in [-0.25, -0.2) is 4.98 Å². The van der Waals surface area contributed by atoms with Crippen LogP contribution in [-0.4, -0.2) is 71.2 Å². The van der Waals surface area contributed by atoms with E-state index in [2.05, 4.69) is 27.0 Å². The maximum atomic E-state index is 11.8. The molecule has 3 aromatic rings. The molecule has 3 aromatic heterocycles.